The van der Waals surface area contributed by atoms with Crippen molar-refractivity contribution in [3.05, 3.63) is 12.2 Å². The Bertz CT molecular complexity index is 283. The first-order valence-electron chi connectivity index (χ1n) is 6.35. The molecule has 0 rings (SSSR count). The summed E-state index contributed by atoms with van der Waals surface area (Å²) in [6, 6.07) is 0. The van der Waals surface area contributed by atoms with Crippen molar-refractivity contribution < 1.29 is 19.1 Å². The van der Waals surface area contributed by atoms with E-state index in [9.17, 15) is 9.59 Å². The largest absolute Gasteiger partial charge is 0.462 e. The van der Waals surface area contributed by atoms with Crippen LogP contribution < -0.4 is 0 Å². The highest BCUT2D eigenvalue weighted by Crippen LogP contribution is 2.18. The smallest absolute Gasteiger partial charge is 0.320 e. The third kappa shape index (κ3) is 6.42. The fourth-order valence-corrected chi connectivity index (χ4v) is 1.32. The summed E-state index contributed by atoms with van der Waals surface area (Å²) in [4.78, 5) is 23.7. The fraction of sp³-hybridized carbons (Fsp3) is 0.714. The molecule has 0 bridgehead atoms. The summed E-state index contributed by atoms with van der Waals surface area (Å²) in [5.74, 6) is -1.97. The molecule has 4 heteroatoms. The van der Waals surface area contributed by atoms with Gasteiger partial charge in [-0.2, -0.15) is 0 Å². The standard InChI is InChI=1S/C14H24O4/c1-7-11(6)8-12(13(15)17-9(2)3)14(16)18-10(4)5/h9-10,12H,6-8H2,1-5H3. The summed E-state index contributed by atoms with van der Waals surface area (Å²) in [7, 11) is 0. The van der Waals surface area contributed by atoms with Crippen LogP contribution in [-0.2, 0) is 19.1 Å². The van der Waals surface area contributed by atoms with E-state index in [-0.39, 0.29) is 18.6 Å². The Kier molecular flexibility index (Phi) is 7.32. The Morgan fingerprint density at radius 2 is 1.39 bits per heavy atom. The molecule has 4 nitrogen and oxygen atoms in total. The second kappa shape index (κ2) is 7.90. The number of carbonyl (C=O) groups excluding carboxylic acids is 2. The highest BCUT2D eigenvalue weighted by atomic mass is 16.6. The minimum Gasteiger partial charge on any atom is -0.462 e. The maximum Gasteiger partial charge on any atom is 0.320 e. The Balaban J connectivity index is 4.75. The average Bonchev–Trinajstić information content (AvgIpc) is 2.22. The van der Waals surface area contributed by atoms with Gasteiger partial charge in [0.15, 0.2) is 5.92 Å². The van der Waals surface area contributed by atoms with Gasteiger partial charge in [0, 0.05) is 0 Å². The van der Waals surface area contributed by atoms with Crippen LogP contribution in [0.1, 0.15) is 47.5 Å². The molecule has 0 N–H and O–H groups in total. The van der Waals surface area contributed by atoms with Crippen LogP contribution in [0.5, 0.6) is 0 Å². The lowest BCUT2D eigenvalue weighted by atomic mass is 9.99. The van der Waals surface area contributed by atoms with E-state index in [4.69, 9.17) is 9.47 Å². The Hall–Kier alpha value is -1.32. The summed E-state index contributed by atoms with van der Waals surface area (Å²) < 4.78 is 10.2. The lowest BCUT2D eigenvalue weighted by Gasteiger charge is -2.18. The Morgan fingerprint density at radius 3 is 1.67 bits per heavy atom. The predicted molar refractivity (Wildman–Crippen MR) is 70.0 cm³/mol. The van der Waals surface area contributed by atoms with Crippen molar-refractivity contribution in [3.63, 3.8) is 0 Å². The van der Waals surface area contributed by atoms with Gasteiger partial charge < -0.3 is 9.47 Å². The minimum atomic E-state index is -0.901. The summed E-state index contributed by atoms with van der Waals surface area (Å²) >= 11 is 0. The van der Waals surface area contributed by atoms with Crippen molar-refractivity contribution >= 4 is 11.9 Å². The molecule has 18 heavy (non-hydrogen) atoms. The SMILES string of the molecule is C=C(CC)CC(C(=O)OC(C)C)C(=O)OC(C)C. The van der Waals surface area contributed by atoms with E-state index in [0.29, 0.717) is 0 Å². The van der Waals surface area contributed by atoms with Crippen molar-refractivity contribution in [2.24, 2.45) is 5.92 Å². The van der Waals surface area contributed by atoms with Gasteiger partial charge in [0.1, 0.15) is 0 Å². The Labute approximate surface area is 109 Å². The summed E-state index contributed by atoms with van der Waals surface area (Å²) in [5, 5.41) is 0. The average molecular weight is 256 g/mol. The van der Waals surface area contributed by atoms with Gasteiger partial charge in [-0.15, -0.1) is 0 Å². The topological polar surface area (TPSA) is 52.6 Å². The normalized spacial score (nSPS) is 10.9. The lowest BCUT2D eigenvalue weighted by Crippen LogP contribution is -2.31. The Morgan fingerprint density at radius 1 is 1.00 bits per heavy atom. The molecule has 0 fully saturated rings. The molecule has 0 unspecified atom stereocenters. The molecule has 0 aliphatic rings. The molecule has 0 atom stereocenters. The monoisotopic (exact) mass is 256 g/mol. The van der Waals surface area contributed by atoms with Crippen LogP contribution in [0.15, 0.2) is 12.2 Å². The number of hydrogen-bond acceptors (Lipinski definition) is 4. The third-order valence-electron chi connectivity index (χ3n) is 2.27. The van der Waals surface area contributed by atoms with E-state index >= 15 is 0 Å². The molecule has 0 aromatic carbocycles. The zero-order chi connectivity index (χ0) is 14.3. The second-order valence-corrected chi connectivity index (χ2v) is 4.83. The van der Waals surface area contributed by atoms with Crippen molar-refractivity contribution in [1.29, 1.82) is 0 Å². The van der Waals surface area contributed by atoms with Crippen molar-refractivity contribution in [2.75, 3.05) is 0 Å². The number of hydrogen-bond donors (Lipinski definition) is 0. The van der Waals surface area contributed by atoms with Gasteiger partial charge >= 0.3 is 11.9 Å². The lowest BCUT2D eigenvalue weighted by molar-refractivity contribution is -0.166. The van der Waals surface area contributed by atoms with Gasteiger partial charge in [-0.1, -0.05) is 19.1 Å². The third-order valence-corrected chi connectivity index (χ3v) is 2.27. The quantitative estimate of drug-likeness (QED) is 0.399. The van der Waals surface area contributed by atoms with Crippen LogP contribution in [0, 0.1) is 5.92 Å². The molecule has 0 aromatic heterocycles. The number of ether oxygens (including phenoxy) is 2. The summed E-state index contributed by atoms with van der Waals surface area (Å²) in [6.45, 7) is 12.7. The maximum absolute atomic E-state index is 11.9. The number of allylic oxidation sites excluding steroid dienone is 1. The van der Waals surface area contributed by atoms with Crippen LogP contribution in [-0.4, -0.2) is 24.1 Å². The predicted octanol–water partition coefficient (Wildman–Crippen LogP) is 2.86. The van der Waals surface area contributed by atoms with Gasteiger partial charge in [0.2, 0.25) is 0 Å². The van der Waals surface area contributed by atoms with E-state index < -0.39 is 17.9 Å². The molecule has 104 valence electrons. The molecule has 0 radical (unpaired) electrons. The van der Waals surface area contributed by atoms with Crippen molar-refractivity contribution in [1.82, 2.24) is 0 Å². The molecular formula is C14H24O4. The van der Waals surface area contributed by atoms with Crippen LogP contribution in [0.25, 0.3) is 0 Å². The molecule has 0 aromatic rings. The summed E-state index contributed by atoms with van der Waals surface area (Å²) in [5.41, 5.74) is 0.835. The highest BCUT2D eigenvalue weighted by molar-refractivity contribution is 5.95. The molecule has 0 saturated carbocycles. The highest BCUT2D eigenvalue weighted by Gasteiger charge is 2.31. The van der Waals surface area contributed by atoms with Crippen LogP contribution >= 0.6 is 0 Å². The van der Waals surface area contributed by atoms with E-state index in [1.165, 1.54) is 0 Å². The molecule has 0 heterocycles. The van der Waals surface area contributed by atoms with Gasteiger partial charge in [-0.25, -0.2) is 0 Å². The van der Waals surface area contributed by atoms with Crippen LogP contribution in [0.2, 0.25) is 0 Å². The molecule has 0 saturated heterocycles. The van der Waals surface area contributed by atoms with Crippen LogP contribution in [0.3, 0.4) is 0 Å². The number of esters is 2. The van der Waals surface area contributed by atoms with Gasteiger partial charge in [0.25, 0.3) is 0 Å². The summed E-state index contributed by atoms with van der Waals surface area (Å²) in [6.07, 6.45) is 0.511. The molecule has 0 spiro atoms. The fourth-order valence-electron chi connectivity index (χ4n) is 1.32. The molecular weight excluding hydrogens is 232 g/mol. The van der Waals surface area contributed by atoms with Gasteiger partial charge in [-0.3, -0.25) is 9.59 Å². The second-order valence-electron chi connectivity index (χ2n) is 4.83. The zero-order valence-corrected chi connectivity index (χ0v) is 12.0. The first-order valence-corrected chi connectivity index (χ1v) is 6.35. The molecule has 0 aliphatic heterocycles. The first kappa shape index (κ1) is 16.7. The minimum absolute atomic E-state index is 0.248. The molecule has 0 amide bonds. The van der Waals surface area contributed by atoms with Gasteiger partial charge in [0.05, 0.1) is 12.2 Å². The first-order chi connectivity index (χ1) is 8.27. The van der Waals surface area contributed by atoms with E-state index in [2.05, 4.69) is 6.58 Å². The number of rotatable bonds is 7. The van der Waals surface area contributed by atoms with Crippen molar-refractivity contribution in [2.45, 2.75) is 59.7 Å². The van der Waals surface area contributed by atoms with E-state index in [0.717, 1.165) is 12.0 Å². The van der Waals surface area contributed by atoms with Crippen LogP contribution in [0.4, 0.5) is 0 Å². The molecule has 0 aliphatic carbocycles. The van der Waals surface area contributed by atoms with Gasteiger partial charge in [-0.05, 0) is 40.5 Å². The van der Waals surface area contributed by atoms with E-state index in [1.54, 1.807) is 27.7 Å². The number of carbonyl (C=O) groups is 2. The maximum atomic E-state index is 11.9. The van der Waals surface area contributed by atoms with Crippen molar-refractivity contribution in [3.8, 4) is 0 Å². The van der Waals surface area contributed by atoms with E-state index in [1.807, 2.05) is 6.92 Å². The zero-order valence-electron chi connectivity index (χ0n) is 12.0.